The van der Waals surface area contributed by atoms with E-state index >= 15 is 0 Å². The summed E-state index contributed by atoms with van der Waals surface area (Å²) >= 11 is 1.21. The van der Waals surface area contributed by atoms with Gasteiger partial charge in [-0.2, -0.15) is 0 Å². The summed E-state index contributed by atoms with van der Waals surface area (Å²) in [7, 11) is -3.17. The van der Waals surface area contributed by atoms with Gasteiger partial charge in [-0.25, -0.2) is 0 Å². The Kier molecular flexibility index (Phi) is 15.7. The summed E-state index contributed by atoms with van der Waals surface area (Å²) in [6.45, 7) is 20.5. The van der Waals surface area contributed by atoms with Gasteiger partial charge in [0.1, 0.15) is 0 Å². The molecule has 2 nitrogen and oxygen atoms in total. The molecule has 0 atom stereocenters. The first-order valence-electron chi connectivity index (χ1n) is 5.37. The Bertz CT molecular complexity index is 178. The summed E-state index contributed by atoms with van der Waals surface area (Å²) in [4.78, 5) is 0. The second kappa shape index (κ2) is 10.0. The Hall–Kier alpha value is 1.15. The number of hydrogen-bond donors (Lipinski definition) is 0. The van der Waals surface area contributed by atoms with Crippen LogP contribution in [0.4, 0.5) is 0 Å². The summed E-state index contributed by atoms with van der Waals surface area (Å²) in [5, 5.41) is 0. The third-order valence-electron chi connectivity index (χ3n) is 0.971. The van der Waals surface area contributed by atoms with Crippen LogP contribution in [0, 0.1) is 14.9 Å². The van der Waals surface area contributed by atoms with E-state index in [0.29, 0.717) is 0 Å². The molecular weight excluding hydrogens is 425 g/mol. The van der Waals surface area contributed by atoms with Crippen molar-refractivity contribution in [3.8, 4) is 0 Å². The van der Waals surface area contributed by atoms with Crippen LogP contribution in [0.3, 0.4) is 0 Å². The summed E-state index contributed by atoms with van der Waals surface area (Å²) in [5.41, 5.74) is 0. The van der Waals surface area contributed by atoms with Gasteiger partial charge in [0.25, 0.3) is 0 Å². The Balaban J connectivity index is -0.0000000945. The SMILES string of the molecule is C[Si](C)(C)[N-][Si](C)(C)C.C[Si](C)(C)[N]=[Ta].[CH3-].[CH3-]. The minimum atomic E-state index is -1.11. The van der Waals surface area contributed by atoms with Gasteiger partial charge in [-0.1, -0.05) is 55.8 Å². The van der Waals surface area contributed by atoms with E-state index in [4.69, 9.17) is 4.65 Å². The average molecular weight is 459 g/mol. The topological polar surface area (TPSA) is 26.5 Å². The van der Waals surface area contributed by atoms with Crippen molar-refractivity contribution in [1.82, 2.24) is 0 Å². The van der Waals surface area contributed by atoms with Crippen LogP contribution in [-0.2, 0) is 20.9 Å². The quantitative estimate of drug-likeness (QED) is 0.395. The van der Waals surface area contributed by atoms with Gasteiger partial charge in [-0.05, 0) is 0 Å². The molecule has 0 aliphatic heterocycles. The van der Waals surface area contributed by atoms with Crippen molar-refractivity contribution in [3.05, 3.63) is 19.5 Å². The predicted molar refractivity (Wildman–Crippen MR) is 88.7 cm³/mol. The second-order valence-electron chi connectivity index (χ2n) is 6.72. The maximum atomic E-state index is 4.82. The van der Waals surface area contributed by atoms with Crippen molar-refractivity contribution in [1.29, 1.82) is 0 Å². The van der Waals surface area contributed by atoms with Crippen molar-refractivity contribution >= 4 is 24.7 Å². The van der Waals surface area contributed by atoms with Crippen LogP contribution in [-0.4, -0.2) is 24.7 Å². The molecule has 0 saturated carbocycles. The molecule has 0 aromatic heterocycles. The molecule has 0 radical (unpaired) electrons. The zero-order valence-electron chi connectivity index (χ0n) is 13.8. The molecule has 0 aromatic carbocycles. The summed E-state index contributed by atoms with van der Waals surface area (Å²) in [5.74, 6) is 0. The van der Waals surface area contributed by atoms with E-state index in [2.05, 4.69) is 61.9 Å². The molecule has 6 heteroatoms. The Morgan fingerprint density at radius 3 is 0.882 bits per heavy atom. The molecule has 0 fully saturated rings. The van der Waals surface area contributed by atoms with E-state index in [0.717, 1.165) is 0 Å². The summed E-state index contributed by atoms with van der Waals surface area (Å²) in [6.07, 6.45) is 0. The van der Waals surface area contributed by atoms with Crippen LogP contribution < -0.4 is 0 Å². The maximum Gasteiger partial charge on any atom is -0.358 e. The van der Waals surface area contributed by atoms with Gasteiger partial charge in [0.05, 0.1) is 0 Å². The molecule has 0 aliphatic rings. The standard InChI is InChI=1S/C6H18NSi2.C3H9NSi.2CH3.Ta/c1-8(2,3)7-9(4,5)6;1-5(2,3)4;;;/h1-6H3;1-3H3;2*1H3;/q-1;;2*-1;. The van der Waals surface area contributed by atoms with Crippen LogP contribution in [0.1, 0.15) is 0 Å². The molecule has 0 aliphatic carbocycles. The summed E-state index contributed by atoms with van der Waals surface area (Å²) < 4.78 is 9.09. The van der Waals surface area contributed by atoms with Gasteiger partial charge in [-0.15, -0.1) is 0 Å². The van der Waals surface area contributed by atoms with E-state index in [1.807, 2.05) is 0 Å². The fourth-order valence-corrected chi connectivity index (χ4v) is 9.06. The van der Waals surface area contributed by atoms with Gasteiger partial charge < -0.3 is 19.5 Å². The molecular formula is C11H33N2Si3Ta-3. The van der Waals surface area contributed by atoms with Gasteiger partial charge in [-0.3, -0.25) is 0 Å². The number of hydrogen-bond acceptors (Lipinski definition) is 1. The zero-order valence-corrected chi connectivity index (χ0v) is 20.1. The third-order valence-corrected chi connectivity index (χ3v) is 13.4. The van der Waals surface area contributed by atoms with Crippen molar-refractivity contribution in [2.45, 2.75) is 58.9 Å². The molecule has 0 spiro atoms. The first kappa shape index (κ1) is 26.7. The predicted octanol–water partition coefficient (Wildman–Crippen LogP) is 5.48. The maximum absolute atomic E-state index is 4.82. The van der Waals surface area contributed by atoms with Gasteiger partial charge >= 0.3 is 51.8 Å². The van der Waals surface area contributed by atoms with E-state index in [1.165, 1.54) is 20.9 Å². The Morgan fingerprint density at radius 1 is 0.706 bits per heavy atom. The van der Waals surface area contributed by atoms with Crippen LogP contribution in [0.25, 0.3) is 4.65 Å². The molecule has 0 aromatic rings. The fraction of sp³-hybridized carbons (Fsp3) is 0.818. The fourth-order valence-electron chi connectivity index (χ4n) is 1.01. The van der Waals surface area contributed by atoms with E-state index in [1.54, 1.807) is 0 Å². The van der Waals surface area contributed by atoms with Crippen molar-refractivity contribution in [3.63, 3.8) is 0 Å². The zero-order chi connectivity index (χ0) is 12.9. The minimum absolute atomic E-state index is 0. The Morgan fingerprint density at radius 2 is 0.882 bits per heavy atom. The third kappa shape index (κ3) is 38.2. The second-order valence-corrected chi connectivity index (χ2v) is 23.0. The smallest absolute Gasteiger partial charge is 0.358 e. The first-order valence-corrected chi connectivity index (χ1v) is 17.1. The molecule has 17 heavy (non-hydrogen) atoms. The number of nitrogens with zero attached hydrogens (tertiary/aromatic N) is 2. The molecule has 0 heterocycles. The van der Waals surface area contributed by atoms with Crippen molar-refractivity contribution < 1.29 is 20.9 Å². The largest absolute Gasteiger partial charge is 0.358 e. The first-order chi connectivity index (χ1) is 6.27. The van der Waals surface area contributed by atoms with Crippen LogP contribution >= 0.6 is 0 Å². The minimum Gasteiger partial charge on any atom is -0.358 e. The van der Waals surface area contributed by atoms with Gasteiger partial charge in [0.2, 0.25) is 0 Å². The van der Waals surface area contributed by atoms with E-state index in [9.17, 15) is 0 Å². The van der Waals surface area contributed by atoms with Crippen LogP contribution in [0.5, 0.6) is 0 Å². The average Bonchev–Trinajstić information content (AvgIpc) is 1.78. The molecule has 0 rings (SSSR count). The van der Waals surface area contributed by atoms with E-state index in [-0.39, 0.29) is 14.9 Å². The van der Waals surface area contributed by atoms with Gasteiger partial charge in [0, 0.05) is 0 Å². The number of rotatable bonds is 3. The van der Waals surface area contributed by atoms with E-state index < -0.39 is 24.7 Å². The summed E-state index contributed by atoms with van der Waals surface area (Å²) in [6, 6.07) is 0. The van der Waals surface area contributed by atoms with Crippen molar-refractivity contribution in [2.75, 3.05) is 0 Å². The normalized spacial score (nSPS) is 11.3. The van der Waals surface area contributed by atoms with Crippen LogP contribution in [0.15, 0.2) is 3.00 Å². The molecule has 0 saturated heterocycles. The molecule has 0 N–H and O–H groups in total. The van der Waals surface area contributed by atoms with Crippen molar-refractivity contribution in [2.24, 2.45) is 3.00 Å². The molecule has 107 valence electrons. The van der Waals surface area contributed by atoms with Gasteiger partial charge in [0.15, 0.2) is 0 Å². The monoisotopic (exact) mass is 458 g/mol. The van der Waals surface area contributed by atoms with Crippen LogP contribution in [0.2, 0.25) is 58.9 Å². The molecule has 0 bridgehead atoms. The molecule has 0 unspecified atom stereocenters. The Labute approximate surface area is 126 Å². The molecule has 0 amide bonds.